The van der Waals surface area contributed by atoms with E-state index in [2.05, 4.69) is 4.98 Å². The number of aryl methyl sites for hydroxylation is 3. The van der Waals surface area contributed by atoms with Crippen molar-refractivity contribution in [2.24, 2.45) is 0 Å². The molecule has 0 unspecified atom stereocenters. The van der Waals surface area contributed by atoms with Gasteiger partial charge in [-0.3, -0.25) is 10.1 Å². The predicted molar refractivity (Wildman–Crippen MR) is 67.0 cm³/mol. The molecule has 5 heteroatoms. The largest absolute Gasteiger partial charge is 0.383 e. The molecular weight excluding hydrogens is 218 g/mol. The van der Waals surface area contributed by atoms with E-state index in [0.29, 0.717) is 11.4 Å². The number of nitro benzene ring substituents is 1. The highest BCUT2D eigenvalue weighted by molar-refractivity contribution is 5.90. The Morgan fingerprint density at radius 2 is 1.88 bits per heavy atom. The van der Waals surface area contributed by atoms with Crippen LogP contribution in [0.15, 0.2) is 12.1 Å². The molecule has 88 valence electrons. The molecule has 1 aromatic carbocycles. The van der Waals surface area contributed by atoms with Gasteiger partial charge in [0.15, 0.2) is 0 Å². The minimum atomic E-state index is -0.368. The highest BCUT2D eigenvalue weighted by atomic mass is 16.6. The van der Waals surface area contributed by atoms with Crippen LogP contribution in [-0.4, -0.2) is 9.91 Å². The van der Waals surface area contributed by atoms with Gasteiger partial charge in [-0.2, -0.15) is 0 Å². The zero-order chi connectivity index (χ0) is 12.7. The lowest BCUT2D eigenvalue weighted by Gasteiger charge is -2.08. The number of nitrogens with zero attached hydrogens (tertiary/aromatic N) is 2. The van der Waals surface area contributed by atoms with E-state index in [1.807, 2.05) is 13.0 Å². The molecule has 0 fully saturated rings. The fraction of sp³-hybridized carbons (Fsp3) is 0.250. The lowest BCUT2D eigenvalue weighted by Crippen LogP contribution is -1.99. The fourth-order valence-corrected chi connectivity index (χ4v) is 1.92. The maximum Gasteiger partial charge on any atom is 0.273 e. The number of benzene rings is 1. The SMILES string of the molecule is Cc1cc2c(C)c([N+](=O)[O-])cc(C)c2nc1N. The Kier molecular flexibility index (Phi) is 2.46. The van der Waals surface area contributed by atoms with Crippen LogP contribution in [0.3, 0.4) is 0 Å². The number of anilines is 1. The quantitative estimate of drug-likeness (QED) is 0.604. The van der Waals surface area contributed by atoms with Crippen molar-refractivity contribution < 1.29 is 4.92 Å². The molecule has 0 aliphatic carbocycles. The summed E-state index contributed by atoms with van der Waals surface area (Å²) in [5, 5.41) is 11.7. The number of hydrogen-bond donors (Lipinski definition) is 1. The second kappa shape index (κ2) is 3.69. The summed E-state index contributed by atoms with van der Waals surface area (Å²) in [5.74, 6) is 0.467. The van der Waals surface area contributed by atoms with E-state index < -0.39 is 0 Å². The summed E-state index contributed by atoms with van der Waals surface area (Å²) in [5.41, 5.74) is 8.85. The molecule has 0 radical (unpaired) electrons. The first kappa shape index (κ1) is 11.3. The Balaban J connectivity index is 2.94. The molecule has 0 saturated carbocycles. The molecule has 0 spiro atoms. The van der Waals surface area contributed by atoms with Crippen LogP contribution in [0.1, 0.15) is 16.7 Å². The maximum atomic E-state index is 10.9. The van der Waals surface area contributed by atoms with E-state index in [1.54, 1.807) is 19.9 Å². The van der Waals surface area contributed by atoms with Crippen LogP contribution in [0.2, 0.25) is 0 Å². The second-order valence-corrected chi connectivity index (χ2v) is 4.18. The van der Waals surface area contributed by atoms with E-state index in [9.17, 15) is 10.1 Å². The molecule has 2 N–H and O–H groups in total. The highest BCUT2D eigenvalue weighted by Crippen LogP contribution is 2.30. The Hall–Kier alpha value is -2.17. The smallest absolute Gasteiger partial charge is 0.273 e. The van der Waals surface area contributed by atoms with Crippen LogP contribution in [0.4, 0.5) is 11.5 Å². The van der Waals surface area contributed by atoms with Gasteiger partial charge in [-0.05, 0) is 38.0 Å². The van der Waals surface area contributed by atoms with Crippen molar-refractivity contribution in [2.75, 3.05) is 5.73 Å². The fourth-order valence-electron chi connectivity index (χ4n) is 1.92. The second-order valence-electron chi connectivity index (χ2n) is 4.18. The molecule has 0 bridgehead atoms. The number of aromatic nitrogens is 1. The van der Waals surface area contributed by atoms with Crippen LogP contribution in [0.25, 0.3) is 10.9 Å². The molecular formula is C12H13N3O2. The number of hydrogen-bond acceptors (Lipinski definition) is 4. The van der Waals surface area contributed by atoms with Crippen LogP contribution >= 0.6 is 0 Å². The van der Waals surface area contributed by atoms with E-state index in [-0.39, 0.29) is 10.6 Å². The van der Waals surface area contributed by atoms with Crippen LogP contribution in [-0.2, 0) is 0 Å². The lowest BCUT2D eigenvalue weighted by molar-refractivity contribution is -0.385. The van der Waals surface area contributed by atoms with Gasteiger partial charge in [-0.25, -0.2) is 4.98 Å². The normalized spacial score (nSPS) is 10.8. The number of nitro groups is 1. The van der Waals surface area contributed by atoms with E-state index in [0.717, 1.165) is 22.0 Å². The van der Waals surface area contributed by atoms with Gasteiger partial charge in [0.1, 0.15) is 5.82 Å². The summed E-state index contributed by atoms with van der Waals surface area (Å²) < 4.78 is 0. The topological polar surface area (TPSA) is 82.0 Å². The summed E-state index contributed by atoms with van der Waals surface area (Å²) in [6.45, 7) is 5.38. The third kappa shape index (κ3) is 1.69. The van der Waals surface area contributed by atoms with Gasteiger partial charge >= 0.3 is 0 Å². The zero-order valence-electron chi connectivity index (χ0n) is 9.94. The molecule has 5 nitrogen and oxygen atoms in total. The number of pyridine rings is 1. The monoisotopic (exact) mass is 231 g/mol. The van der Waals surface area contributed by atoms with Crippen LogP contribution in [0, 0.1) is 30.9 Å². The molecule has 0 aliphatic rings. The van der Waals surface area contributed by atoms with E-state index >= 15 is 0 Å². The number of rotatable bonds is 1. The zero-order valence-corrected chi connectivity index (χ0v) is 9.94. The summed E-state index contributed by atoms with van der Waals surface area (Å²) >= 11 is 0. The van der Waals surface area contributed by atoms with Crippen molar-refractivity contribution in [1.29, 1.82) is 0 Å². The Labute approximate surface area is 98.4 Å². The van der Waals surface area contributed by atoms with Gasteiger partial charge in [0.25, 0.3) is 5.69 Å². The van der Waals surface area contributed by atoms with Crippen molar-refractivity contribution in [1.82, 2.24) is 4.98 Å². The van der Waals surface area contributed by atoms with Gasteiger partial charge < -0.3 is 5.73 Å². The Bertz CT molecular complexity index is 635. The number of nitrogens with two attached hydrogens (primary N) is 1. The van der Waals surface area contributed by atoms with Gasteiger partial charge in [-0.1, -0.05) is 0 Å². The minimum Gasteiger partial charge on any atom is -0.383 e. The number of fused-ring (bicyclic) bond motifs is 1. The van der Waals surface area contributed by atoms with Crippen molar-refractivity contribution >= 4 is 22.4 Å². The molecule has 0 aliphatic heterocycles. The molecule has 1 heterocycles. The standard InChI is InChI=1S/C12H13N3O2/c1-6-5-10(15(16)17)8(3)9-4-7(2)12(13)14-11(6)9/h4-5H,1-3H3,(H2,13,14). The van der Waals surface area contributed by atoms with Crippen molar-refractivity contribution in [3.05, 3.63) is 38.9 Å². The van der Waals surface area contributed by atoms with Crippen molar-refractivity contribution in [3.8, 4) is 0 Å². The van der Waals surface area contributed by atoms with Gasteiger partial charge in [-0.15, -0.1) is 0 Å². The molecule has 17 heavy (non-hydrogen) atoms. The molecule has 1 aromatic heterocycles. The van der Waals surface area contributed by atoms with Gasteiger partial charge in [0.05, 0.1) is 10.4 Å². The van der Waals surface area contributed by atoms with E-state index in [4.69, 9.17) is 5.73 Å². The third-order valence-electron chi connectivity index (χ3n) is 2.96. The molecule has 0 saturated heterocycles. The summed E-state index contributed by atoms with van der Waals surface area (Å²) in [4.78, 5) is 14.9. The highest BCUT2D eigenvalue weighted by Gasteiger charge is 2.16. The number of nitrogen functional groups attached to an aromatic ring is 1. The Morgan fingerprint density at radius 1 is 1.24 bits per heavy atom. The summed E-state index contributed by atoms with van der Waals surface area (Å²) in [6.07, 6.45) is 0. The molecule has 2 aromatic rings. The predicted octanol–water partition coefficient (Wildman–Crippen LogP) is 2.65. The molecule has 0 atom stereocenters. The first-order chi connectivity index (χ1) is 7.91. The molecule has 2 rings (SSSR count). The minimum absolute atomic E-state index is 0.126. The Morgan fingerprint density at radius 3 is 2.47 bits per heavy atom. The van der Waals surface area contributed by atoms with E-state index in [1.165, 1.54) is 0 Å². The lowest BCUT2D eigenvalue weighted by atomic mass is 10.0. The average Bonchev–Trinajstić information content (AvgIpc) is 2.25. The average molecular weight is 231 g/mol. The van der Waals surface area contributed by atoms with Gasteiger partial charge in [0.2, 0.25) is 0 Å². The van der Waals surface area contributed by atoms with Crippen molar-refractivity contribution in [3.63, 3.8) is 0 Å². The first-order valence-corrected chi connectivity index (χ1v) is 5.23. The van der Waals surface area contributed by atoms with Crippen LogP contribution in [0.5, 0.6) is 0 Å². The van der Waals surface area contributed by atoms with Crippen LogP contribution < -0.4 is 5.73 Å². The van der Waals surface area contributed by atoms with Gasteiger partial charge in [0, 0.05) is 17.0 Å². The summed E-state index contributed by atoms with van der Waals surface area (Å²) in [7, 11) is 0. The maximum absolute atomic E-state index is 10.9. The van der Waals surface area contributed by atoms with Crippen molar-refractivity contribution in [2.45, 2.75) is 20.8 Å². The first-order valence-electron chi connectivity index (χ1n) is 5.23. The third-order valence-corrected chi connectivity index (χ3v) is 2.96. The summed E-state index contributed by atoms with van der Waals surface area (Å²) in [6, 6.07) is 3.40. The molecule has 0 amide bonds.